The zero-order valence-electron chi connectivity index (χ0n) is 10.6. The summed E-state index contributed by atoms with van der Waals surface area (Å²) in [6, 6.07) is 8.72. The lowest BCUT2D eigenvalue weighted by Gasteiger charge is -2.14. The van der Waals surface area contributed by atoms with Gasteiger partial charge in [-0.25, -0.2) is 4.98 Å². The average molecular weight is 242 g/mol. The van der Waals surface area contributed by atoms with Crippen molar-refractivity contribution in [1.29, 1.82) is 0 Å². The van der Waals surface area contributed by atoms with Crippen LogP contribution in [0.2, 0.25) is 0 Å². The molecule has 1 saturated carbocycles. The van der Waals surface area contributed by atoms with Gasteiger partial charge >= 0.3 is 0 Å². The number of nitrogens with zero attached hydrogens (tertiary/aromatic N) is 2. The van der Waals surface area contributed by atoms with Crippen molar-refractivity contribution in [3.8, 4) is 0 Å². The van der Waals surface area contributed by atoms with Crippen LogP contribution in [-0.4, -0.2) is 14.7 Å². The van der Waals surface area contributed by atoms with E-state index in [4.69, 9.17) is 0 Å². The SMILES string of the molecule is CCc1ccc(C(O)c2cncn2C2CC2)cc1. The summed E-state index contributed by atoms with van der Waals surface area (Å²) >= 11 is 0. The molecule has 1 aliphatic carbocycles. The number of aliphatic hydroxyl groups excluding tert-OH is 1. The summed E-state index contributed by atoms with van der Waals surface area (Å²) in [6.07, 6.45) is 6.46. The van der Waals surface area contributed by atoms with Crippen LogP contribution in [0.3, 0.4) is 0 Å². The maximum absolute atomic E-state index is 10.4. The molecule has 1 aliphatic rings. The smallest absolute Gasteiger partial charge is 0.121 e. The fourth-order valence-electron chi connectivity index (χ4n) is 2.29. The lowest BCUT2D eigenvalue weighted by atomic mass is 10.0. The Balaban J connectivity index is 1.88. The first-order valence-corrected chi connectivity index (χ1v) is 6.58. The van der Waals surface area contributed by atoms with Crippen LogP contribution in [0.1, 0.15) is 48.7 Å². The second kappa shape index (κ2) is 4.58. The highest BCUT2D eigenvalue weighted by atomic mass is 16.3. The van der Waals surface area contributed by atoms with Crippen LogP contribution in [0.4, 0.5) is 0 Å². The summed E-state index contributed by atoms with van der Waals surface area (Å²) < 4.78 is 2.11. The standard InChI is InChI=1S/C15H18N2O/c1-2-11-3-5-12(6-4-11)15(18)14-9-16-10-17(14)13-7-8-13/h3-6,9-10,13,15,18H,2,7-8H2,1H3. The molecule has 3 nitrogen and oxygen atoms in total. The number of rotatable bonds is 4. The maximum atomic E-state index is 10.4. The number of aliphatic hydroxyl groups is 1. The monoisotopic (exact) mass is 242 g/mol. The first-order valence-electron chi connectivity index (χ1n) is 6.58. The Hall–Kier alpha value is -1.61. The van der Waals surface area contributed by atoms with Gasteiger partial charge in [0.25, 0.3) is 0 Å². The van der Waals surface area contributed by atoms with E-state index in [-0.39, 0.29) is 0 Å². The van der Waals surface area contributed by atoms with Crippen LogP contribution >= 0.6 is 0 Å². The molecule has 0 aliphatic heterocycles. The first kappa shape index (κ1) is 11.5. The van der Waals surface area contributed by atoms with Crippen molar-refractivity contribution < 1.29 is 5.11 Å². The van der Waals surface area contributed by atoms with E-state index in [0.717, 1.165) is 17.7 Å². The van der Waals surface area contributed by atoms with Crippen LogP contribution in [0.25, 0.3) is 0 Å². The summed E-state index contributed by atoms with van der Waals surface area (Å²) in [5.74, 6) is 0. The van der Waals surface area contributed by atoms with Gasteiger partial charge in [-0.15, -0.1) is 0 Å². The molecule has 3 heteroatoms. The summed E-state index contributed by atoms with van der Waals surface area (Å²) in [5, 5.41) is 10.4. The second-order valence-corrected chi connectivity index (χ2v) is 4.95. The van der Waals surface area contributed by atoms with Crippen LogP contribution in [0.15, 0.2) is 36.8 Å². The normalized spacial score (nSPS) is 16.8. The molecule has 0 radical (unpaired) electrons. The van der Waals surface area contributed by atoms with Crippen LogP contribution < -0.4 is 0 Å². The number of benzene rings is 1. The second-order valence-electron chi connectivity index (χ2n) is 4.95. The zero-order chi connectivity index (χ0) is 12.5. The van der Waals surface area contributed by atoms with Crippen LogP contribution in [-0.2, 0) is 6.42 Å². The van der Waals surface area contributed by atoms with E-state index in [1.54, 1.807) is 6.20 Å². The molecule has 0 amide bonds. The van der Waals surface area contributed by atoms with Gasteiger partial charge in [0.15, 0.2) is 0 Å². The summed E-state index contributed by atoms with van der Waals surface area (Å²) in [7, 11) is 0. The predicted molar refractivity (Wildman–Crippen MR) is 70.4 cm³/mol. The van der Waals surface area contributed by atoms with Gasteiger partial charge in [0.1, 0.15) is 6.10 Å². The molecule has 2 aromatic rings. The molecule has 0 saturated heterocycles. The molecule has 1 atom stereocenters. The third-order valence-corrected chi connectivity index (χ3v) is 3.62. The Morgan fingerprint density at radius 3 is 2.67 bits per heavy atom. The summed E-state index contributed by atoms with van der Waals surface area (Å²) in [6.45, 7) is 2.13. The van der Waals surface area contributed by atoms with Gasteiger partial charge in [-0.05, 0) is 30.4 Å². The van der Waals surface area contributed by atoms with Gasteiger partial charge in [-0.2, -0.15) is 0 Å². The Labute approximate surface area is 107 Å². The molecule has 1 N–H and O–H groups in total. The first-order chi connectivity index (χ1) is 8.79. The number of hydrogen-bond acceptors (Lipinski definition) is 2. The van der Waals surface area contributed by atoms with Gasteiger partial charge in [0.05, 0.1) is 18.2 Å². The average Bonchev–Trinajstić information content (AvgIpc) is 3.15. The Kier molecular flexibility index (Phi) is 2.92. The molecule has 1 fully saturated rings. The highest BCUT2D eigenvalue weighted by molar-refractivity contribution is 5.29. The number of hydrogen-bond donors (Lipinski definition) is 1. The van der Waals surface area contributed by atoms with Crippen LogP contribution in [0, 0.1) is 0 Å². The maximum Gasteiger partial charge on any atom is 0.121 e. The topological polar surface area (TPSA) is 38.1 Å². The molecule has 1 heterocycles. The molecule has 0 spiro atoms. The van der Waals surface area contributed by atoms with E-state index in [0.29, 0.717) is 6.04 Å². The molecule has 94 valence electrons. The Morgan fingerprint density at radius 1 is 1.33 bits per heavy atom. The fourth-order valence-corrected chi connectivity index (χ4v) is 2.29. The lowest BCUT2D eigenvalue weighted by molar-refractivity contribution is 0.210. The minimum Gasteiger partial charge on any atom is -0.382 e. The van der Waals surface area contributed by atoms with E-state index >= 15 is 0 Å². The molecule has 0 bridgehead atoms. The van der Waals surface area contributed by atoms with E-state index in [1.807, 2.05) is 18.5 Å². The third kappa shape index (κ3) is 2.06. The molecular formula is C15H18N2O. The van der Waals surface area contributed by atoms with E-state index in [2.05, 4.69) is 28.6 Å². The minimum absolute atomic E-state index is 0.548. The van der Waals surface area contributed by atoms with Crippen molar-refractivity contribution in [2.24, 2.45) is 0 Å². The van der Waals surface area contributed by atoms with Gasteiger partial charge < -0.3 is 9.67 Å². The lowest BCUT2D eigenvalue weighted by Crippen LogP contribution is -2.07. The highest BCUT2D eigenvalue weighted by Gasteiger charge is 2.27. The van der Waals surface area contributed by atoms with Crippen molar-refractivity contribution in [2.75, 3.05) is 0 Å². The summed E-state index contributed by atoms with van der Waals surface area (Å²) in [4.78, 5) is 4.17. The minimum atomic E-state index is -0.570. The Bertz CT molecular complexity index is 526. The zero-order valence-corrected chi connectivity index (χ0v) is 10.6. The largest absolute Gasteiger partial charge is 0.382 e. The fraction of sp³-hybridized carbons (Fsp3) is 0.400. The van der Waals surface area contributed by atoms with Gasteiger partial charge in [0.2, 0.25) is 0 Å². The molecule has 1 aromatic carbocycles. The third-order valence-electron chi connectivity index (χ3n) is 3.62. The molecule has 1 unspecified atom stereocenters. The van der Waals surface area contributed by atoms with Gasteiger partial charge in [-0.3, -0.25) is 0 Å². The van der Waals surface area contributed by atoms with E-state index in [1.165, 1.54) is 18.4 Å². The summed E-state index contributed by atoms with van der Waals surface area (Å²) in [5.41, 5.74) is 3.14. The van der Waals surface area contributed by atoms with Crippen LogP contribution in [0.5, 0.6) is 0 Å². The van der Waals surface area contributed by atoms with Crippen molar-refractivity contribution in [2.45, 2.75) is 38.3 Å². The van der Waals surface area contributed by atoms with Crippen molar-refractivity contribution >= 4 is 0 Å². The van der Waals surface area contributed by atoms with Gasteiger partial charge in [-0.1, -0.05) is 31.2 Å². The number of imidazole rings is 1. The Morgan fingerprint density at radius 2 is 2.06 bits per heavy atom. The number of aryl methyl sites for hydroxylation is 1. The highest BCUT2D eigenvalue weighted by Crippen LogP contribution is 2.37. The molecule has 18 heavy (non-hydrogen) atoms. The quantitative estimate of drug-likeness (QED) is 0.895. The number of aromatic nitrogens is 2. The molecular weight excluding hydrogens is 224 g/mol. The van der Waals surface area contributed by atoms with E-state index < -0.39 is 6.10 Å². The van der Waals surface area contributed by atoms with E-state index in [9.17, 15) is 5.11 Å². The van der Waals surface area contributed by atoms with Crippen molar-refractivity contribution in [3.05, 3.63) is 53.6 Å². The molecule has 3 rings (SSSR count). The van der Waals surface area contributed by atoms with Crippen molar-refractivity contribution in [1.82, 2.24) is 9.55 Å². The van der Waals surface area contributed by atoms with Gasteiger partial charge in [0, 0.05) is 6.04 Å². The molecule has 1 aromatic heterocycles. The predicted octanol–water partition coefficient (Wildman–Crippen LogP) is 2.86. The van der Waals surface area contributed by atoms with Crippen molar-refractivity contribution in [3.63, 3.8) is 0 Å².